The molecule has 0 aliphatic rings. The topological polar surface area (TPSA) is 48.7 Å². The second-order valence-corrected chi connectivity index (χ2v) is 4.24. The molecule has 1 aromatic carbocycles. The van der Waals surface area contributed by atoms with Crippen LogP contribution in [0, 0.1) is 11.3 Å². The summed E-state index contributed by atoms with van der Waals surface area (Å²) in [5.41, 5.74) is 2.69. The molecule has 1 aromatic heterocycles. The van der Waals surface area contributed by atoms with Crippen LogP contribution >= 0.6 is 0 Å². The van der Waals surface area contributed by atoms with Crippen LogP contribution in [0.5, 0.6) is 0 Å². The molecular formula is C15H15N3. The molecule has 0 saturated carbocycles. The van der Waals surface area contributed by atoms with Crippen LogP contribution in [0.4, 0.5) is 5.69 Å². The first-order chi connectivity index (χ1) is 8.79. The fourth-order valence-corrected chi connectivity index (χ4v) is 1.73. The summed E-state index contributed by atoms with van der Waals surface area (Å²) < 4.78 is 0. The molecule has 2 aromatic rings. The van der Waals surface area contributed by atoms with E-state index < -0.39 is 0 Å². The molecule has 0 amide bonds. The van der Waals surface area contributed by atoms with Gasteiger partial charge >= 0.3 is 0 Å². The van der Waals surface area contributed by atoms with Crippen LogP contribution in [0.15, 0.2) is 48.7 Å². The van der Waals surface area contributed by atoms with Crippen molar-refractivity contribution in [3.05, 3.63) is 59.9 Å². The highest BCUT2D eigenvalue weighted by atomic mass is 14.9. The number of aromatic nitrogens is 1. The Hall–Kier alpha value is -2.34. The lowest BCUT2D eigenvalue weighted by atomic mass is 10.0. The number of hydrogen-bond donors (Lipinski definition) is 1. The number of rotatable bonds is 4. The van der Waals surface area contributed by atoms with E-state index >= 15 is 0 Å². The molecule has 1 atom stereocenters. The second-order valence-electron chi connectivity index (χ2n) is 4.24. The van der Waals surface area contributed by atoms with E-state index in [1.54, 1.807) is 12.3 Å². The molecule has 2 rings (SSSR count). The lowest BCUT2D eigenvalue weighted by Gasteiger charge is -2.13. The van der Waals surface area contributed by atoms with Gasteiger partial charge in [0.25, 0.3) is 0 Å². The fourth-order valence-electron chi connectivity index (χ4n) is 1.73. The van der Waals surface area contributed by atoms with Gasteiger partial charge in [0.1, 0.15) is 11.8 Å². The maximum absolute atomic E-state index is 8.66. The SMILES string of the molecule is CC(CNc1ccc(C#N)nc1)c1ccccc1. The molecule has 3 nitrogen and oxygen atoms in total. The fraction of sp³-hybridized carbons (Fsp3) is 0.200. The predicted octanol–water partition coefficient (Wildman–Crippen LogP) is 3.17. The maximum atomic E-state index is 8.66. The van der Waals surface area contributed by atoms with Crippen LogP contribution in [-0.4, -0.2) is 11.5 Å². The summed E-state index contributed by atoms with van der Waals surface area (Å²) in [7, 11) is 0. The van der Waals surface area contributed by atoms with E-state index in [0.29, 0.717) is 11.6 Å². The average molecular weight is 237 g/mol. The monoisotopic (exact) mass is 237 g/mol. The third kappa shape index (κ3) is 3.08. The van der Waals surface area contributed by atoms with E-state index in [4.69, 9.17) is 5.26 Å². The summed E-state index contributed by atoms with van der Waals surface area (Å²) >= 11 is 0. The Morgan fingerprint density at radius 3 is 2.61 bits per heavy atom. The van der Waals surface area contributed by atoms with Gasteiger partial charge in [0.15, 0.2) is 0 Å². The van der Waals surface area contributed by atoms with Gasteiger partial charge in [-0.25, -0.2) is 4.98 Å². The Morgan fingerprint density at radius 2 is 2.00 bits per heavy atom. The van der Waals surface area contributed by atoms with Crippen molar-refractivity contribution in [2.45, 2.75) is 12.8 Å². The van der Waals surface area contributed by atoms with Gasteiger partial charge in [-0.3, -0.25) is 0 Å². The summed E-state index contributed by atoms with van der Waals surface area (Å²) in [6, 6.07) is 16.0. The standard InChI is InChI=1S/C15H15N3/c1-12(13-5-3-2-4-6-13)10-17-15-8-7-14(9-16)18-11-15/h2-8,11-12,17H,10H2,1H3. The molecule has 0 saturated heterocycles. The number of nitrogens with zero attached hydrogens (tertiary/aromatic N) is 2. The zero-order valence-corrected chi connectivity index (χ0v) is 10.3. The smallest absolute Gasteiger partial charge is 0.140 e. The Balaban J connectivity index is 1.93. The van der Waals surface area contributed by atoms with Crippen molar-refractivity contribution in [1.82, 2.24) is 4.98 Å². The lowest BCUT2D eigenvalue weighted by Crippen LogP contribution is -2.09. The Bertz CT molecular complexity index is 526. The number of pyridine rings is 1. The Morgan fingerprint density at radius 1 is 1.22 bits per heavy atom. The molecule has 18 heavy (non-hydrogen) atoms. The molecule has 0 radical (unpaired) electrons. The van der Waals surface area contributed by atoms with Crippen LogP contribution in [0.25, 0.3) is 0 Å². The minimum atomic E-state index is 0.432. The number of hydrogen-bond acceptors (Lipinski definition) is 3. The summed E-state index contributed by atoms with van der Waals surface area (Å²) in [6.45, 7) is 3.02. The highest BCUT2D eigenvalue weighted by molar-refractivity contribution is 5.43. The van der Waals surface area contributed by atoms with E-state index in [0.717, 1.165) is 12.2 Å². The zero-order valence-electron chi connectivity index (χ0n) is 10.3. The first-order valence-electron chi connectivity index (χ1n) is 5.94. The van der Waals surface area contributed by atoms with Crippen LogP contribution in [0.2, 0.25) is 0 Å². The quantitative estimate of drug-likeness (QED) is 0.888. The van der Waals surface area contributed by atoms with Gasteiger partial charge in [0, 0.05) is 6.54 Å². The molecule has 1 unspecified atom stereocenters. The molecule has 1 N–H and O–H groups in total. The van der Waals surface area contributed by atoms with Crippen molar-refractivity contribution < 1.29 is 0 Å². The molecule has 0 bridgehead atoms. The molecule has 3 heteroatoms. The molecule has 0 fully saturated rings. The van der Waals surface area contributed by atoms with Crippen molar-refractivity contribution in [3.8, 4) is 6.07 Å². The van der Waals surface area contributed by atoms with Crippen molar-refractivity contribution in [1.29, 1.82) is 5.26 Å². The van der Waals surface area contributed by atoms with Crippen molar-refractivity contribution in [3.63, 3.8) is 0 Å². The molecular weight excluding hydrogens is 222 g/mol. The summed E-state index contributed by atoms with van der Waals surface area (Å²) in [6.07, 6.45) is 1.69. The van der Waals surface area contributed by atoms with Gasteiger partial charge in [-0.05, 0) is 23.6 Å². The highest BCUT2D eigenvalue weighted by Crippen LogP contribution is 2.15. The Kier molecular flexibility index (Phi) is 3.93. The predicted molar refractivity (Wildman–Crippen MR) is 72.3 cm³/mol. The summed E-state index contributed by atoms with van der Waals surface area (Å²) in [5, 5.41) is 12.0. The summed E-state index contributed by atoms with van der Waals surface area (Å²) in [4.78, 5) is 4.02. The number of anilines is 1. The van der Waals surface area contributed by atoms with Crippen molar-refractivity contribution in [2.75, 3.05) is 11.9 Å². The van der Waals surface area contributed by atoms with Crippen LogP contribution < -0.4 is 5.32 Å². The number of nitriles is 1. The van der Waals surface area contributed by atoms with Gasteiger partial charge in [-0.15, -0.1) is 0 Å². The zero-order chi connectivity index (χ0) is 12.8. The van der Waals surface area contributed by atoms with Gasteiger partial charge in [-0.1, -0.05) is 37.3 Å². The van der Waals surface area contributed by atoms with Crippen LogP contribution in [0.1, 0.15) is 24.1 Å². The largest absolute Gasteiger partial charge is 0.383 e. The molecule has 0 spiro atoms. The molecule has 0 aliphatic heterocycles. The van der Waals surface area contributed by atoms with E-state index in [1.165, 1.54) is 5.56 Å². The average Bonchev–Trinajstić information content (AvgIpc) is 2.46. The second kappa shape index (κ2) is 5.83. The number of nitrogens with one attached hydrogen (secondary N) is 1. The van der Waals surface area contributed by atoms with Gasteiger partial charge in [0.05, 0.1) is 11.9 Å². The highest BCUT2D eigenvalue weighted by Gasteiger charge is 2.04. The molecule has 1 heterocycles. The van der Waals surface area contributed by atoms with E-state index in [-0.39, 0.29) is 0 Å². The van der Waals surface area contributed by atoms with Crippen molar-refractivity contribution in [2.24, 2.45) is 0 Å². The van der Waals surface area contributed by atoms with Crippen molar-refractivity contribution >= 4 is 5.69 Å². The summed E-state index contributed by atoms with van der Waals surface area (Å²) in [5.74, 6) is 0.432. The van der Waals surface area contributed by atoms with Gasteiger partial charge in [0.2, 0.25) is 0 Å². The first kappa shape index (κ1) is 12.1. The molecule has 0 aliphatic carbocycles. The third-order valence-electron chi connectivity index (χ3n) is 2.86. The minimum absolute atomic E-state index is 0.432. The normalized spacial score (nSPS) is 11.6. The Labute approximate surface area is 107 Å². The lowest BCUT2D eigenvalue weighted by molar-refractivity contribution is 0.804. The first-order valence-corrected chi connectivity index (χ1v) is 5.94. The van der Waals surface area contributed by atoms with Gasteiger partial charge in [-0.2, -0.15) is 5.26 Å². The van der Waals surface area contributed by atoms with Gasteiger partial charge < -0.3 is 5.32 Å². The van der Waals surface area contributed by atoms with E-state index in [9.17, 15) is 0 Å². The minimum Gasteiger partial charge on any atom is -0.383 e. The van der Waals surface area contributed by atoms with Crippen LogP contribution in [0.3, 0.4) is 0 Å². The van der Waals surface area contributed by atoms with Crippen LogP contribution in [-0.2, 0) is 0 Å². The van der Waals surface area contributed by atoms with E-state index in [2.05, 4.69) is 41.5 Å². The number of benzene rings is 1. The third-order valence-corrected chi connectivity index (χ3v) is 2.86. The molecule has 90 valence electrons. The maximum Gasteiger partial charge on any atom is 0.140 e. The van der Waals surface area contributed by atoms with E-state index in [1.807, 2.05) is 18.2 Å².